The van der Waals surface area contributed by atoms with Gasteiger partial charge in [-0.3, -0.25) is 0 Å². The summed E-state index contributed by atoms with van der Waals surface area (Å²) >= 11 is 3.26. The van der Waals surface area contributed by atoms with Gasteiger partial charge < -0.3 is 10.5 Å². The number of para-hydroxylation sites is 1. The second kappa shape index (κ2) is 7.00. The molecule has 2 rings (SSSR count). The van der Waals surface area contributed by atoms with Gasteiger partial charge in [0.25, 0.3) is 0 Å². The Balaban J connectivity index is 2.19. The van der Waals surface area contributed by atoms with Crippen LogP contribution >= 0.6 is 15.9 Å². The number of ether oxygens (including phenoxy) is 1. The van der Waals surface area contributed by atoms with Crippen molar-refractivity contribution in [3.63, 3.8) is 0 Å². The Kier molecular flexibility index (Phi) is 5.31. The van der Waals surface area contributed by atoms with E-state index in [0.29, 0.717) is 10.9 Å². The van der Waals surface area contributed by atoms with E-state index in [9.17, 15) is 8.78 Å². The van der Waals surface area contributed by atoms with Crippen molar-refractivity contribution >= 4 is 15.9 Å². The Morgan fingerprint density at radius 3 is 2.62 bits per heavy atom. The summed E-state index contributed by atoms with van der Waals surface area (Å²) in [6.07, 6.45) is 0.525. The fraction of sp³-hybridized carbons (Fsp3) is 0.250. The van der Waals surface area contributed by atoms with E-state index in [1.54, 1.807) is 18.2 Å². The Morgan fingerprint density at radius 2 is 1.95 bits per heavy atom. The molecule has 21 heavy (non-hydrogen) atoms. The van der Waals surface area contributed by atoms with Crippen LogP contribution in [0.5, 0.6) is 5.75 Å². The molecule has 0 amide bonds. The molecule has 0 aliphatic rings. The number of hydrogen-bond donors (Lipinski definition) is 1. The second-order valence-electron chi connectivity index (χ2n) is 4.93. The van der Waals surface area contributed by atoms with Gasteiger partial charge in [0.2, 0.25) is 0 Å². The van der Waals surface area contributed by atoms with E-state index in [4.69, 9.17) is 10.5 Å². The minimum atomic E-state index is -0.425. The molecule has 0 saturated heterocycles. The summed E-state index contributed by atoms with van der Waals surface area (Å²) in [6.45, 7) is 2.00. The van der Waals surface area contributed by atoms with Crippen LogP contribution in [0.2, 0.25) is 0 Å². The van der Waals surface area contributed by atoms with Crippen LogP contribution in [0.3, 0.4) is 0 Å². The highest BCUT2D eigenvalue weighted by molar-refractivity contribution is 9.10. The van der Waals surface area contributed by atoms with Crippen molar-refractivity contribution < 1.29 is 13.5 Å². The SMILES string of the molecule is CC(N)Cc1cccc(F)c1OCc1ccc(F)cc1Br. The number of hydrogen-bond acceptors (Lipinski definition) is 2. The summed E-state index contributed by atoms with van der Waals surface area (Å²) in [4.78, 5) is 0. The number of rotatable bonds is 5. The monoisotopic (exact) mass is 355 g/mol. The molecule has 2 aromatic carbocycles. The molecule has 2 nitrogen and oxygen atoms in total. The maximum atomic E-state index is 13.9. The van der Waals surface area contributed by atoms with Gasteiger partial charge in [-0.2, -0.15) is 0 Å². The van der Waals surface area contributed by atoms with Crippen molar-refractivity contribution in [3.8, 4) is 5.75 Å². The first-order valence-corrected chi connectivity index (χ1v) is 7.36. The summed E-state index contributed by atoms with van der Waals surface area (Å²) in [5, 5.41) is 0. The van der Waals surface area contributed by atoms with Crippen molar-refractivity contribution in [3.05, 3.63) is 63.6 Å². The maximum absolute atomic E-state index is 13.9. The fourth-order valence-corrected chi connectivity index (χ4v) is 2.48. The van der Waals surface area contributed by atoms with Gasteiger partial charge in [-0.05, 0) is 37.1 Å². The maximum Gasteiger partial charge on any atom is 0.165 e. The quantitative estimate of drug-likeness (QED) is 0.872. The first kappa shape index (κ1) is 15.9. The van der Waals surface area contributed by atoms with Crippen LogP contribution in [0, 0.1) is 11.6 Å². The molecule has 0 heterocycles. The highest BCUT2D eigenvalue weighted by atomic mass is 79.9. The van der Waals surface area contributed by atoms with Gasteiger partial charge in [0.15, 0.2) is 11.6 Å². The molecule has 0 aliphatic carbocycles. The van der Waals surface area contributed by atoms with Gasteiger partial charge in [0.05, 0.1) is 0 Å². The molecular weight excluding hydrogens is 340 g/mol. The Bertz CT molecular complexity index is 632. The lowest BCUT2D eigenvalue weighted by molar-refractivity contribution is 0.285. The number of nitrogens with two attached hydrogens (primary N) is 1. The van der Waals surface area contributed by atoms with E-state index < -0.39 is 5.82 Å². The molecule has 0 radical (unpaired) electrons. The summed E-state index contributed by atoms with van der Waals surface area (Å²) in [6, 6.07) is 8.98. The molecule has 2 N–H and O–H groups in total. The molecule has 112 valence electrons. The average Bonchev–Trinajstić information content (AvgIpc) is 2.39. The van der Waals surface area contributed by atoms with Crippen molar-refractivity contribution in [1.29, 1.82) is 0 Å². The highest BCUT2D eigenvalue weighted by Gasteiger charge is 2.12. The minimum absolute atomic E-state index is 0.0910. The zero-order valence-corrected chi connectivity index (χ0v) is 13.2. The molecule has 2 aromatic rings. The summed E-state index contributed by atoms with van der Waals surface area (Å²) < 4.78 is 33.2. The molecular formula is C16H16BrF2NO. The van der Waals surface area contributed by atoms with Crippen LogP contribution in [-0.2, 0) is 13.0 Å². The standard InChI is InChI=1S/C16H16BrF2NO/c1-10(20)7-11-3-2-4-15(19)16(11)21-9-12-5-6-13(18)8-14(12)17/h2-6,8,10H,7,9,20H2,1H3. The van der Waals surface area contributed by atoms with Gasteiger partial charge in [0, 0.05) is 16.1 Å². The molecule has 0 aromatic heterocycles. The van der Waals surface area contributed by atoms with Crippen LogP contribution in [0.25, 0.3) is 0 Å². The third-order valence-electron chi connectivity index (χ3n) is 2.98. The van der Waals surface area contributed by atoms with E-state index >= 15 is 0 Å². The normalized spacial score (nSPS) is 12.2. The van der Waals surface area contributed by atoms with E-state index in [1.807, 2.05) is 6.92 Å². The lowest BCUT2D eigenvalue weighted by atomic mass is 10.1. The van der Waals surface area contributed by atoms with E-state index in [0.717, 1.165) is 11.1 Å². The Labute approximate surface area is 131 Å². The minimum Gasteiger partial charge on any atom is -0.486 e. The van der Waals surface area contributed by atoms with Crippen LogP contribution in [0.15, 0.2) is 40.9 Å². The Hall–Kier alpha value is -1.46. The van der Waals surface area contributed by atoms with Crippen molar-refractivity contribution in [2.45, 2.75) is 26.0 Å². The summed E-state index contributed by atoms with van der Waals surface area (Å²) in [5.74, 6) is -0.563. The van der Waals surface area contributed by atoms with Gasteiger partial charge in [-0.15, -0.1) is 0 Å². The predicted molar refractivity (Wildman–Crippen MR) is 82.2 cm³/mol. The largest absolute Gasteiger partial charge is 0.486 e. The molecule has 1 atom stereocenters. The molecule has 0 fully saturated rings. The summed E-state index contributed by atoms with van der Waals surface area (Å²) in [5.41, 5.74) is 7.23. The summed E-state index contributed by atoms with van der Waals surface area (Å²) in [7, 11) is 0. The van der Waals surface area contributed by atoms with Crippen molar-refractivity contribution in [2.75, 3.05) is 0 Å². The van der Waals surface area contributed by atoms with Crippen molar-refractivity contribution in [1.82, 2.24) is 0 Å². The highest BCUT2D eigenvalue weighted by Crippen LogP contribution is 2.26. The molecule has 0 saturated carbocycles. The van der Waals surface area contributed by atoms with E-state index in [1.165, 1.54) is 18.2 Å². The molecule has 5 heteroatoms. The Morgan fingerprint density at radius 1 is 1.19 bits per heavy atom. The first-order valence-electron chi connectivity index (χ1n) is 6.57. The second-order valence-corrected chi connectivity index (χ2v) is 5.79. The zero-order valence-electron chi connectivity index (χ0n) is 11.6. The third-order valence-corrected chi connectivity index (χ3v) is 3.72. The average molecular weight is 356 g/mol. The van der Waals surface area contributed by atoms with E-state index in [2.05, 4.69) is 15.9 Å². The van der Waals surface area contributed by atoms with Crippen LogP contribution in [0.4, 0.5) is 8.78 Å². The zero-order chi connectivity index (χ0) is 15.4. The smallest absolute Gasteiger partial charge is 0.165 e. The molecule has 1 unspecified atom stereocenters. The molecule has 0 aliphatic heterocycles. The predicted octanol–water partition coefficient (Wildman–Crippen LogP) is 4.20. The van der Waals surface area contributed by atoms with Crippen LogP contribution in [0.1, 0.15) is 18.1 Å². The van der Waals surface area contributed by atoms with E-state index in [-0.39, 0.29) is 24.2 Å². The van der Waals surface area contributed by atoms with Crippen molar-refractivity contribution in [2.24, 2.45) is 5.73 Å². The number of benzene rings is 2. The van der Waals surface area contributed by atoms with Gasteiger partial charge in [-0.1, -0.05) is 34.1 Å². The van der Waals surface area contributed by atoms with Crippen LogP contribution < -0.4 is 10.5 Å². The lowest BCUT2D eigenvalue weighted by Crippen LogP contribution is -2.18. The van der Waals surface area contributed by atoms with Crippen LogP contribution in [-0.4, -0.2) is 6.04 Å². The van der Waals surface area contributed by atoms with Gasteiger partial charge >= 0.3 is 0 Å². The molecule has 0 spiro atoms. The molecule has 0 bridgehead atoms. The first-order chi connectivity index (χ1) is 9.97. The third kappa shape index (κ3) is 4.25. The van der Waals surface area contributed by atoms with Gasteiger partial charge in [0.1, 0.15) is 12.4 Å². The lowest BCUT2D eigenvalue weighted by Gasteiger charge is -2.14. The van der Waals surface area contributed by atoms with Gasteiger partial charge in [-0.25, -0.2) is 8.78 Å². The number of halogens is 3. The topological polar surface area (TPSA) is 35.2 Å². The fourth-order valence-electron chi connectivity index (χ4n) is 2.01.